The summed E-state index contributed by atoms with van der Waals surface area (Å²) >= 11 is 0. The molecule has 1 unspecified atom stereocenters. The van der Waals surface area contributed by atoms with E-state index in [0.717, 1.165) is 0 Å². The number of hydrogen-bond acceptors (Lipinski definition) is 5. The van der Waals surface area contributed by atoms with E-state index >= 15 is 0 Å². The molecule has 0 saturated carbocycles. The molecule has 0 aliphatic rings. The van der Waals surface area contributed by atoms with Crippen LogP contribution >= 0.6 is 24.8 Å². The lowest BCUT2D eigenvalue weighted by Gasteiger charge is -2.24. The van der Waals surface area contributed by atoms with Gasteiger partial charge in [-0.3, -0.25) is 0 Å². The van der Waals surface area contributed by atoms with Crippen molar-refractivity contribution in [3.63, 3.8) is 0 Å². The van der Waals surface area contributed by atoms with Crippen LogP contribution in [0.4, 0.5) is 0 Å². The molecule has 0 aliphatic carbocycles. The second kappa shape index (κ2) is 14.8. The zero-order chi connectivity index (χ0) is 11.1. The van der Waals surface area contributed by atoms with Crippen LogP contribution in [0.5, 0.6) is 0 Å². The highest BCUT2D eigenvalue weighted by Crippen LogP contribution is 1.94. The van der Waals surface area contributed by atoms with Crippen molar-refractivity contribution < 1.29 is 15.4 Å². The summed E-state index contributed by atoms with van der Waals surface area (Å²) in [5.41, 5.74) is 18.5. The summed E-state index contributed by atoms with van der Waals surface area (Å²) < 4.78 is 0. The molecule has 0 aromatic heterocycles. The lowest BCUT2D eigenvalue weighted by molar-refractivity contribution is -0.143. The highest BCUT2D eigenvalue weighted by molar-refractivity contribution is 5.85. The standard InChI is InChI=1S/C4H12N4O2.C3H8.2ClH.H2O/c5-1-2(6)4(7,8)3(9)10;1-3-2;;;/h2H,1,5-8H2,(H,9,10);3H2,1-2H3;2*1H;1H2. The largest absolute Gasteiger partial charge is 0.479 e. The van der Waals surface area contributed by atoms with E-state index in [0.29, 0.717) is 0 Å². The lowest BCUT2D eigenvalue weighted by atomic mass is 10.0. The Hall–Kier alpha value is -0.150. The number of aliphatic carboxylic acids is 1. The Morgan fingerprint density at radius 1 is 1.31 bits per heavy atom. The third-order valence-electron chi connectivity index (χ3n) is 1.24. The summed E-state index contributed by atoms with van der Waals surface area (Å²) in [4.78, 5) is 10.2. The fourth-order valence-corrected chi connectivity index (χ4v) is 0.354. The Morgan fingerprint density at radius 2 is 1.56 bits per heavy atom. The number of carboxylic acids is 1. The molecule has 0 rings (SSSR count). The van der Waals surface area contributed by atoms with Gasteiger partial charge in [0.25, 0.3) is 0 Å². The molecule has 0 aromatic rings. The van der Waals surface area contributed by atoms with Crippen LogP contribution in [0.15, 0.2) is 0 Å². The second-order valence-electron chi connectivity index (χ2n) is 2.79. The quantitative estimate of drug-likeness (QED) is 0.390. The van der Waals surface area contributed by atoms with Gasteiger partial charge in [0.1, 0.15) is 0 Å². The molecule has 0 aliphatic heterocycles. The molecule has 0 bridgehead atoms. The minimum atomic E-state index is -1.92. The van der Waals surface area contributed by atoms with Crippen molar-refractivity contribution in [2.45, 2.75) is 32.0 Å². The van der Waals surface area contributed by atoms with Crippen molar-refractivity contribution in [2.24, 2.45) is 22.9 Å². The van der Waals surface area contributed by atoms with E-state index in [1.807, 2.05) is 0 Å². The molecule has 7 nitrogen and oxygen atoms in total. The van der Waals surface area contributed by atoms with E-state index in [4.69, 9.17) is 28.0 Å². The summed E-state index contributed by atoms with van der Waals surface area (Å²) in [6, 6.07) is -0.926. The summed E-state index contributed by atoms with van der Waals surface area (Å²) in [6.45, 7) is 4.19. The van der Waals surface area contributed by atoms with Crippen LogP contribution in [-0.4, -0.2) is 34.8 Å². The minimum Gasteiger partial charge on any atom is -0.479 e. The monoisotopic (exact) mass is 282 g/mol. The molecule has 104 valence electrons. The average Bonchev–Trinajstić information content (AvgIpc) is 2.04. The van der Waals surface area contributed by atoms with Crippen molar-refractivity contribution in [1.82, 2.24) is 0 Å². The van der Waals surface area contributed by atoms with E-state index in [1.165, 1.54) is 6.42 Å². The topological polar surface area (TPSA) is 173 Å². The summed E-state index contributed by atoms with van der Waals surface area (Å²) in [7, 11) is 0. The predicted octanol–water partition coefficient (Wildman–Crippen LogP) is -1.59. The Bertz CT molecular complexity index is 161. The zero-order valence-corrected chi connectivity index (χ0v) is 11.1. The van der Waals surface area contributed by atoms with Gasteiger partial charge < -0.3 is 33.5 Å². The van der Waals surface area contributed by atoms with Crippen molar-refractivity contribution in [3.05, 3.63) is 0 Å². The summed E-state index contributed by atoms with van der Waals surface area (Å²) in [5.74, 6) is -1.36. The molecule has 0 heterocycles. The minimum absolute atomic E-state index is 0. The van der Waals surface area contributed by atoms with E-state index in [2.05, 4.69) is 13.8 Å². The Balaban J connectivity index is -0.0000000606. The van der Waals surface area contributed by atoms with Crippen molar-refractivity contribution >= 4 is 30.8 Å². The number of nitrogens with two attached hydrogens (primary N) is 4. The maximum absolute atomic E-state index is 10.2. The van der Waals surface area contributed by atoms with Crippen LogP contribution in [0.2, 0.25) is 0 Å². The number of rotatable bonds is 3. The van der Waals surface area contributed by atoms with Gasteiger partial charge in [0, 0.05) is 6.54 Å². The van der Waals surface area contributed by atoms with Crippen LogP contribution < -0.4 is 22.9 Å². The molecule has 0 spiro atoms. The summed E-state index contributed by atoms with van der Waals surface area (Å²) in [6.07, 6.45) is 1.25. The number of hydrogen-bond donors (Lipinski definition) is 5. The molecular weight excluding hydrogens is 259 g/mol. The van der Waals surface area contributed by atoms with Crippen LogP contribution in [0.1, 0.15) is 20.3 Å². The maximum atomic E-state index is 10.2. The van der Waals surface area contributed by atoms with E-state index in [1.54, 1.807) is 0 Å². The van der Waals surface area contributed by atoms with Crippen LogP contribution in [0.3, 0.4) is 0 Å². The molecule has 16 heavy (non-hydrogen) atoms. The smallest absolute Gasteiger partial charge is 0.340 e. The van der Waals surface area contributed by atoms with E-state index < -0.39 is 17.7 Å². The van der Waals surface area contributed by atoms with Crippen LogP contribution in [0, 0.1) is 0 Å². The fourth-order valence-electron chi connectivity index (χ4n) is 0.354. The van der Waals surface area contributed by atoms with Gasteiger partial charge in [-0.2, -0.15) is 0 Å². The third kappa shape index (κ3) is 11.9. The van der Waals surface area contributed by atoms with E-state index in [-0.39, 0.29) is 36.8 Å². The Labute approximate surface area is 108 Å². The first-order valence-electron chi connectivity index (χ1n) is 4.11. The number of halogens is 2. The van der Waals surface area contributed by atoms with Gasteiger partial charge in [0.2, 0.25) is 0 Å². The van der Waals surface area contributed by atoms with E-state index in [9.17, 15) is 4.79 Å². The molecule has 9 heteroatoms. The average molecular weight is 283 g/mol. The molecule has 11 N–H and O–H groups in total. The van der Waals surface area contributed by atoms with Crippen molar-refractivity contribution in [1.29, 1.82) is 0 Å². The second-order valence-corrected chi connectivity index (χ2v) is 2.79. The van der Waals surface area contributed by atoms with Crippen LogP contribution in [-0.2, 0) is 4.79 Å². The molecular formula is C7H24Cl2N4O3. The fraction of sp³-hybridized carbons (Fsp3) is 0.857. The Kier molecular flexibility index (Phi) is 27.6. The highest BCUT2D eigenvalue weighted by atomic mass is 35.5. The third-order valence-corrected chi connectivity index (χ3v) is 1.24. The SMILES string of the molecule is CCC.Cl.Cl.NCC(N)C(N)(N)C(=O)O.O. The molecule has 0 saturated heterocycles. The van der Waals surface area contributed by atoms with Gasteiger partial charge in [-0.15, -0.1) is 24.8 Å². The molecule has 0 amide bonds. The van der Waals surface area contributed by atoms with Gasteiger partial charge in [0.15, 0.2) is 5.66 Å². The van der Waals surface area contributed by atoms with Crippen molar-refractivity contribution in [2.75, 3.05) is 6.54 Å². The van der Waals surface area contributed by atoms with Gasteiger partial charge in [-0.1, -0.05) is 20.3 Å². The van der Waals surface area contributed by atoms with Gasteiger partial charge in [-0.25, -0.2) is 4.79 Å². The summed E-state index contributed by atoms with van der Waals surface area (Å²) in [5, 5.41) is 8.36. The van der Waals surface area contributed by atoms with Crippen LogP contribution in [0.25, 0.3) is 0 Å². The first-order chi connectivity index (χ1) is 5.84. The number of carboxylic acid groups (broad SMARTS) is 1. The van der Waals surface area contributed by atoms with Crippen molar-refractivity contribution in [3.8, 4) is 0 Å². The number of carbonyl (C=O) groups is 1. The first-order valence-corrected chi connectivity index (χ1v) is 4.11. The molecule has 1 atom stereocenters. The first kappa shape index (κ1) is 29.7. The van der Waals surface area contributed by atoms with Gasteiger partial charge in [0.05, 0.1) is 6.04 Å². The molecule has 0 radical (unpaired) electrons. The van der Waals surface area contributed by atoms with Gasteiger partial charge >= 0.3 is 5.97 Å². The highest BCUT2D eigenvalue weighted by Gasteiger charge is 2.35. The maximum Gasteiger partial charge on any atom is 0.340 e. The van der Waals surface area contributed by atoms with Gasteiger partial charge in [-0.05, 0) is 0 Å². The lowest BCUT2D eigenvalue weighted by Crippen LogP contribution is -2.69. The molecule has 0 fully saturated rings. The Morgan fingerprint density at radius 3 is 1.62 bits per heavy atom. The predicted molar refractivity (Wildman–Crippen MR) is 69.8 cm³/mol. The normalized spacial score (nSPS) is 10.4. The molecule has 0 aromatic carbocycles. The zero-order valence-electron chi connectivity index (χ0n) is 9.47.